The van der Waals surface area contributed by atoms with E-state index in [1.165, 1.54) is 0 Å². The summed E-state index contributed by atoms with van der Waals surface area (Å²) < 4.78 is 0. The Bertz CT molecular complexity index is 1490. The molecule has 7 amide bonds. The summed E-state index contributed by atoms with van der Waals surface area (Å²) >= 11 is 0. The third-order valence-electron chi connectivity index (χ3n) is 8.00. The third kappa shape index (κ3) is 24.9. The fourth-order valence-corrected chi connectivity index (χ4v) is 5.25. The molecule has 25 nitrogen and oxygen atoms in total. The molecule has 334 valence electrons. The average molecular weight is 843 g/mol. The van der Waals surface area contributed by atoms with Crippen LogP contribution < -0.4 is 65.1 Å². The molecule has 0 unspecified atom stereocenters. The molecule has 0 fully saturated rings. The summed E-state index contributed by atoms with van der Waals surface area (Å²) in [5.74, 6) is -9.74. The van der Waals surface area contributed by atoms with Crippen molar-refractivity contribution in [3.63, 3.8) is 0 Å². The fourth-order valence-electron chi connectivity index (χ4n) is 5.25. The van der Waals surface area contributed by atoms with Crippen LogP contribution in [0.2, 0.25) is 0 Å². The van der Waals surface area contributed by atoms with E-state index in [1.807, 2.05) is 0 Å². The molecule has 0 radical (unpaired) electrons. The van der Waals surface area contributed by atoms with E-state index in [2.05, 4.69) is 47.9 Å². The molecule has 19 N–H and O–H groups in total. The van der Waals surface area contributed by atoms with Crippen molar-refractivity contribution in [3.8, 4) is 0 Å². The number of amides is 7. The normalized spacial score (nSPS) is 13.3. The summed E-state index contributed by atoms with van der Waals surface area (Å²) in [7, 11) is 0. The van der Waals surface area contributed by atoms with Crippen LogP contribution in [-0.4, -0.2) is 138 Å². The molecule has 0 heterocycles. The van der Waals surface area contributed by atoms with Gasteiger partial charge in [0.05, 0.1) is 26.1 Å². The Balaban J connectivity index is 5.73. The summed E-state index contributed by atoms with van der Waals surface area (Å²) in [5, 5.41) is 55.1. The number of carbonyl (C=O) groups is 9. The van der Waals surface area contributed by atoms with Gasteiger partial charge in [0.1, 0.15) is 30.2 Å². The van der Waals surface area contributed by atoms with E-state index in [-0.39, 0.29) is 75.4 Å². The first kappa shape index (κ1) is 52.7. The molecule has 0 aliphatic carbocycles. The van der Waals surface area contributed by atoms with Crippen LogP contribution in [0.15, 0.2) is 0 Å². The molecule has 0 bridgehead atoms. The molecule has 0 spiro atoms. The maximum Gasteiger partial charge on any atom is 0.326 e. The summed E-state index contributed by atoms with van der Waals surface area (Å²) in [4.78, 5) is 113. The lowest BCUT2D eigenvalue weighted by atomic mass is 10.0. The number of carboxylic acid groups (broad SMARTS) is 2. The minimum absolute atomic E-state index is 0.00143. The van der Waals surface area contributed by atoms with Crippen LogP contribution in [0.4, 0.5) is 0 Å². The Hall–Kier alpha value is -6.27. The van der Waals surface area contributed by atoms with Crippen molar-refractivity contribution in [1.82, 2.24) is 47.9 Å². The molecule has 25 heteroatoms. The zero-order chi connectivity index (χ0) is 45.2. The van der Waals surface area contributed by atoms with Crippen molar-refractivity contribution < 1.29 is 53.4 Å². The molecule has 0 aromatic heterocycles. The molecule has 0 aliphatic rings. The van der Waals surface area contributed by atoms with E-state index in [9.17, 15) is 53.4 Å². The molecular formula is C34H62N14O11. The number of rotatable bonds is 29. The van der Waals surface area contributed by atoms with E-state index >= 15 is 0 Å². The van der Waals surface area contributed by atoms with Crippen molar-refractivity contribution in [2.45, 2.75) is 103 Å². The topological polar surface area (TPSA) is 428 Å². The van der Waals surface area contributed by atoms with Gasteiger partial charge in [0.25, 0.3) is 0 Å². The van der Waals surface area contributed by atoms with E-state index in [4.69, 9.17) is 28.0 Å². The second kappa shape index (κ2) is 28.2. The monoisotopic (exact) mass is 842 g/mol. The summed E-state index contributed by atoms with van der Waals surface area (Å²) in [6, 6.07) is -6.69. The van der Waals surface area contributed by atoms with Gasteiger partial charge in [-0.3, -0.25) is 49.2 Å². The number of nitrogens with two attached hydrogens (primary N) is 3. The maximum atomic E-state index is 13.3. The van der Waals surface area contributed by atoms with E-state index in [0.29, 0.717) is 0 Å². The molecule has 0 saturated heterocycles. The second-order valence-electron chi connectivity index (χ2n) is 14.3. The van der Waals surface area contributed by atoms with Gasteiger partial charge >= 0.3 is 11.9 Å². The number of carbonyl (C=O) groups excluding carboxylic acids is 7. The Labute approximate surface area is 341 Å². The zero-order valence-corrected chi connectivity index (χ0v) is 33.8. The van der Waals surface area contributed by atoms with Crippen LogP contribution in [0.1, 0.15) is 72.6 Å². The number of hydrogen-bond acceptors (Lipinski definition) is 12. The highest BCUT2D eigenvalue weighted by atomic mass is 16.4. The van der Waals surface area contributed by atoms with Crippen LogP contribution in [0.5, 0.6) is 0 Å². The zero-order valence-electron chi connectivity index (χ0n) is 33.8. The average Bonchev–Trinajstić information content (AvgIpc) is 3.13. The van der Waals surface area contributed by atoms with E-state index in [0.717, 1.165) is 0 Å². The standard InChI is InChI=1S/C34H62N14O11/c1-17(2)11-21(29(55)43-15-25(50)45-20(8-6-10-41-34(38)39)30(56)48-23(32(58)59)12-18(3)4)47-31(57)22(13-27(52)53)46-26(51)16-42-28(54)19(44-24(49)14-35)7-5-9-40-33(36)37/h17-23H,5-16,35H2,1-4H3,(H,42,54)(H,43,55)(H,44,49)(H,45,50)(H,46,51)(H,47,57)(H,48,56)(H,52,53)(H,58,59)(H4,36,37,40)(H4,38,39,41)/t19-,20-,21-,22-,23-/m0/s1. The fraction of sp³-hybridized carbons (Fsp3) is 0.676. The smallest absolute Gasteiger partial charge is 0.326 e. The Morgan fingerprint density at radius 1 is 0.525 bits per heavy atom. The van der Waals surface area contributed by atoms with Crippen LogP contribution in [0, 0.1) is 22.7 Å². The largest absolute Gasteiger partial charge is 0.481 e. The number of aliphatic carboxylic acids is 2. The van der Waals surface area contributed by atoms with Crippen molar-refractivity contribution in [2.24, 2.45) is 29.0 Å². The molecular weight excluding hydrogens is 780 g/mol. The van der Waals surface area contributed by atoms with Crippen LogP contribution >= 0.6 is 0 Å². The van der Waals surface area contributed by atoms with Crippen molar-refractivity contribution in [3.05, 3.63) is 0 Å². The van der Waals surface area contributed by atoms with Gasteiger partial charge in [-0.2, -0.15) is 0 Å². The van der Waals surface area contributed by atoms with Crippen LogP contribution in [0.25, 0.3) is 0 Å². The van der Waals surface area contributed by atoms with Gasteiger partial charge in [-0.25, -0.2) is 4.79 Å². The first-order valence-electron chi connectivity index (χ1n) is 18.9. The number of nitrogens with one attached hydrogen (secondary N) is 11. The first-order valence-corrected chi connectivity index (χ1v) is 18.9. The number of guanidine groups is 2. The maximum absolute atomic E-state index is 13.3. The predicted octanol–water partition coefficient (Wildman–Crippen LogP) is -5.22. The molecule has 0 rings (SSSR count). The Morgan fingerprint density at radius 3 is 1.34 bits per heavy atom. The molecule has 0 aromatic rings. The van der Waals surface area contributed by atoms with Gasteiger partial charge in [0.2, 0.25) is 41.4 Å². The third-order valence-corrected chi connectivity index (χ3v) is 8.00. The summed E-state index contributed by atoms with van der Waals surface area (Å²) in [5.41, 5.74) is 15.8. The minimum atomic E-state index is -1.73. The molecule has 5 atom stereocenters. The predicted molar refractivity (Wildman–Crippen MR) is 212 cm³/mol. The molecule has 0 saturated carbocycles. The lowest BCUT2D eigenvalue weighted by Crippen LogP contribution is -2.57. The van der Waals surface area contributed by atoms with Crippen molar-refractivity contribution in [2.75, 3.05) is 32.7 Å². The highest BCUT2D eigenvalue weighted by molar-refractivity contribution is 5.97. The van der Waals surface area contributed by atoms with Gasteiger partial charge in [0, 0.05) is 13.1 Å². The lowest BCUT2D eigenvalue weighted by Gasteiger charge is -2.24. The van der Waals surface area contributed by atoms with Crippen molar-refractivity contribution in [1.29, 1.82) is 10.8 Å². The van der Waals surface area contributed by atoms with Gasteiger partial charge < -0.3 is 75.3 Å². The Kier molecular flexibility index (Phi) is 25.2. The summed E-state index contributed by atoms with van der Waals surface area (Å²) in [6.07, 6.45) is -0.250. The molecule has 0 aromatic carbocycles. The highest BCUT2D eigenvalue weighted by Gasteiger charge is 2.31. The minimum Gasteiger partial charge on any atom is -0.481 e. The van der Waals surface area contributed by atoms with Crippen LogP contribution in [-0.2, 0) is 43.2 Å². The summed E-state index contributed by atoms with van der Waals surface area (Å²) in [6.45, 7) is 5.46. The number of hydrogen-bond donors (Lipinski definition) is 16. The quantitative estimate of drug-likeness (QED) is 0.0190. The molecule has 59 heavy (non-hydrogen) atoms. The van der Waals surface area contributed by atoms with Gasteiger partial charge in [-0.15, -0.1) is 0 Å². The van der Waals surface area contributed by atoms with E-state index in [1.54, 1.807) is 27.7 Å². The first-order chi connectivity index (χ1) is 27.5. The van der Waals surface area contributed by atoms with Crippen LogP contribution in [0.3, 0.4) is 0 Å². The highest BCUT2D eigenvalue weighted by Crippen LogP contribution is 2.08. The SMILES string of the molecule is CC(C)C[C@H](NC(=O)[C@H](CCCNC(=N)N)NC(=O)CNC(=O)[C@H](CC(C)C)NC(=O)[C@H](CC(=O)O)NC(=O)CNC(=O)[C@H](CCCNC(=N)N)NC(=O)CN)C(=O)O. The molecule has 0 aliphatic heterocycles. The number of carboxylic acids is 2. The van der Waals surface area contributed by atoms with Crippen molar-refractivity contribution >= 4 is 65.2 Å². The lowest BCUT2D eigenvalue weighted by molar-refractivity contribution is -0.143. The van der Waals surface area contributed by atoms with Gasteiger partial charge in [-0.05, 0) is 50.4 Å². The van der Waals surface area contributed by atoms with E-state index < -0.39 is 110 Å². The Morgan fingerprint density at radius 2 is 0.915 bits per heavy atom. The van der Waals surface area contributed by atoms with Gasteiger partial charge in [0.15, 0.2) is 11.9 Å². The van der Waals surface area contributed by atoms with Gasteiger partial charge in [-0.1, -0.05) is 27.7 Å². The second-order valence-corrected chi connectivity index (χ2v) is 14.3.